The Morgan fingerprint density at radius 2 is 1.81 bits per heavy atom. The van der Waals surface area contributed by atoms with Gasteiger partial charge in [0.25, 0.3) is 5.56 Å². The van der Waals surface area contributed by atoms with Crippen molar-refractivity contribution in [1.82, 2.24) is 14.8 Å². The molecule has 0 spiro atoms. The first-order valence-corrected chi connectivity index (χ1v) is 9.54. The number of ether oxygens (including phenoxy) is 1. The van der Waals surface area contributed by atoms with Crippen molar-refractivity contribution in [3.8, 4) is 17.0 Å². The molecule has 27 heavy (non-hydrogen) atoms. The SMILES string of the molecule is COc1ccc(-c2nn(CCc3ccccc3)c(=O)c3nc(C)sc23)cc1. The van der Waals surface area contributed by atoms with Gasteiger partial charge in [-0.15, -0.1) is 11.3 Å². The van der Waals surface area contributed by atoms with Crippen LogP contribution in [-0.2, 0) is 13.0 Å². The summed E-state index contributed by atoms with van der Waals surface area (Å²) in [5, 5.41) is 5.55. The Morgan fingerprint density at radius 3 is 2.52 bits per heavy atom. The van der Waals surface area contributed by atoms with E-state index in [1.807, 2.05) is 49.4 Å². The first-order valence-electron chi connectivity index (χ1n) is 8.72. The number of hydrogen-bond donors (Lipinski definition) is 0. The van der Waals surface area contributed by atoms with Gasteiger partial charge in [-0.3, -0.25) is 4.79 Å². The molecule has 0 amide bonds. The molecule has 2 heterocycles. The summed E-state index contributed by atoms with van der Waals surface area (Å²) in [7, 11) is 1.64. The Morgan fingerprint density at radius 1 is 1.07 bits per heavy atom. The molecule has 4 rings (SSSR count). The Balaban J connectivity index is 1.79. The lowest BCUT2D eigenvalue weighted by molar-refractivity contribution is 0.415. The summed E-state index contributed by atoms with van der Waals surface area (Å²) in [6.45, 7) is 2.43. The second kappa shape index (κ2) is 7.32. The lowest BCUT2D eigenvalue weighted by atomic mass is 10.1. The van der Waals surface area contributed by atoms with Gasteiger partial charge >= 0.3 is 0 Å². The smallest absolute Gasteiger partial charge is 0.294 e. The van der Waals surface area contributed by atoms with Crippen molar-refractivity contribution in [1.29, 1.82) is 0 Å². The summed E-state index contributed by atoms with van der Waals surface area (Å²) in [5.41, 5.74) is 3.25. The van der Waals surface area contributed by atoms with Gasteiger partial charge in [0.2, 0.25) is 0 Å². The summed E-state index contributed by atoms with van der Waals surface area (Å²) in [6, 6.07) is 17.8. The third-order valence-corrected chi connectivity index (χ3v) is 5.40. The van der Waals surface area contributed by atoms with E-state index in [1.54, 1.807) is 7.11 Å². The molecule has 4 aromatic rings. The van der Waals surface area contributed by atoms with E-state index in [4.69, 9.17) is 4.74 Å². The maximum absolute atomic E-state index is 12.9. The molecule has 6 heteroatoms. The van der Waals surface area contributed by atoms with E-state index in [2.05, 4.69) is 22.2 Å². The van der Waals surface area contributed by atoms with E-state index in [0.717, 1.165) is 33.1 Å². The molecular formula is C21H19N3O2S. The zero-order valence-electron chi connectivity index (χ0n) is 15.2. The van der Waals surface area contributed by atoms with E-state index < -0.39 is 0 Å². The number of nitrogens with zero attached hydrogens (tertiary/aromatic N) is 3. The molecule has 2 aromatic carbocycles. The molecule has 0 aliphatic carbocycles. The molecule has 0 saturated heterocycles. The van der Waals surface area contributed by atoms with Crippen LogP contribution in [0.2, 0.25) is 0 Å². The van der Waals surface area contributed by atoms with Crippen LogP contribution in [0.3, 0.4) is 0 Å². The minimum Gasteiger partial charge on any atom is -0.497 e. The van der Waals surface area contributed by atoms with Crippen LogP contribution >= 0.6 is 11.3 Å². The van der Waals surface area contributed by atoms with Gasteiger partial charge in [0.15, 0.2) is 5.52 Å². The summed E-state index contributed by atoms with van der Waals surface area (Å²) in [5.74, 6) is 0.785. The number of aromatic nitrogens is 3. The second-order valence-corrected chi connectivity index (χ2v) is 7.45. The molecule has 0 bridgehead atoms. The molecule has 5 nitrogen and oxygen atoms in total. The van der Waals surface area contributed by atoms with Crippen LogP contribution in [0.25, 0.3) is 21.5 Å². The van der Waals surface area contributed by atoms with Gasteiger partial charge in [0.1, 0.15) is 11.4 Å². The number of fused-ring (bicyclic) bond motifs is 1. The molecular weight excluding hydrogens is 358 g/mol. The highest BCUT2D eigenvalue weighted by Gasteiger charge is 2.16. The fourth-order valence-electron chi connectivity index (χ4n) is 3.04. The first kappa shape index (κ1) is 17.4. The Bertz CT molecular complexity index is 1130. The number of thiazole rings is 1. The average molecular weight is 377 g/mol. The zero-order valence-corrected chi connectivity index (χ0v) is 16.0. The van der Waals surface area contributed by atoms with Crippen molar-refractivity contribution < 1.29 is 4.74 Å². The molecule has 0 N–H and O–H groups in total. The average Bonchev–Trinajstić information content (AvgIpc) is 3.10. The summed E-state index contributed by atoms with van der Waals surface area (Å²) >= 11 is 1.50. The summed E-state index contributed by atoms with van der Waals surface area (Å²) in [4.78, 5) is 17.3. The monoisotopic (exact) mass is 377 g/mol. The zero-order chi connectivity index (χ0) is 18.8. The normalized spacial score (nSPS) is 11.0. The summed E-state index contributed by atoms with van der Waals surface area (Å²) < 4.78 is 7.61. The fourth-order valence-corrected chi connectivity index (χ4v) is 3.95. The third kappa shape index (κ3) is 3.48. The number of methoxy groups -OCH3 is 1. The van der Waals surface area contributed by atoms with Crippen molar-refractivity contribution in [2.24, 2.45) is 0 Å². The lowest BCUT2D eigenvalue weighted by Crippen LogP contribution is -2.24. The standard InChI is InChI=1S/C21H19N3O2S/c1-14-22-19-20(27-14)18(16-8-10-17(26-2)11-9-16)23-24(21(19)25)13-12-15-6-4-3-5-7-15/h3-11H,12-13H2,1-2H3. The van der Waals surface area contributed by atoms with Crippen LogP contribution < -0.4 is 10.3 Å². The van der Waals surface area contributed by atoms with E-state index >= 15 is 0 Å². The van der Waals surface area contributed by atoms with Gasteiger partial charge in [-0.05, 0) is 43.2 Å². The van der Waals surface area contributed by atoms with E-state index in [9.17, 15) is 4.79 Å². The fraction of sp³-hybridized carbons (Fsp3) is 0.190. The van der Waals surface area contributed by atoms with Crippen LogP contribution in [0.15, 0.2) is 59.4 Å². The van der Waals surface area contributed by atoms with Crippen LogP contribution in [0.1, 0.15) is 10.6 Å². The van der Waals surface area contributed by atoms with Crippen LogP contribution in [0.5, 0.6) is 5.75 Å². The van der Waals surface area contributed by atoms with Crippen LogP contribution in [0, 0.1) is 6.92 Å². The second-order valence-electron chi connectivity index (χ2n) is 6.25. The number of benzene rings is 2. The topological polar surface area (TPSA) is 57.0 Å². The predicted octanol–water partition coefficient (Wildman–Crippen LogP) is 4.08. The molecule has 2 aromatic heterocycles. The highest BCUT2D eigenvalue weighted by Crippen LogP contribution is 2.30. The first-order chi connectivity index (χ1) is 13.2. The van der Waals surface area contributed by atoms with Crippen molar-refractivity contribution in [2.45, 2.75) is 19.9 Å². The molecule has 0 radical (unpaired) electrons. The molecule has 136 valence electrons. The van der Waals surface area contributed by atoms with Gasteiger partial charge < -0.3 is 4.74 Å². The molecule has 0 saturated carbocycles. The van der Waals surface area contributed by atoms with Crippen molar-refractivity contribution in [3.63, 3.8) is 0 Å². The van der Waals surface area contributed by atoms with Crippen molar-refractivity contribution >= 4 is 21.6 Å². The molecule has 0 atom stereocenters. The molecule has 0 aliphatic heterocycles. The van der Waals surface area contributed by atoms with E-state index in [-0.39, 0.29) is 5.56 Å². The van der Waals surface area contributed by atoms with Crippen LogP contribution in [0.4, 0.5) is 0 Å². The van der Waals surface area contributed by atoms with Gasteiger partial charge in [-0.2, -0.15) is 5.10 Å². The maximum atomic E-state index is 12.9. The lowest BCUT2D eigenvalue weighted by Gasteiger charge is -2.09. The minimum atomic E-state index is -0.137. The number of hydrogen-bond acceptors (Lipinski definition) is 5. The van der Waals surface area contributed by atoms with Gasteiger partial charge in [0.05, 0.1) is 16.8 Å². The molecule has 0 unspecified atom stereocenters. The van der Waals surface area contributed by atoms with Crippen molar-refractivity contribution in [3.05, 3.63) is 75.5 Å². The highest BCUT2D eigenvalue weighted by molar-refractivity contribution is 7.19. The number of rotatable bonds is 5. The van der Waals surface area contributed by atoms with Gasteiger partial charge in [-0.1, -0.05) is 30.3 Å². The molecule has 0 aliphatic rings. The summed E-state index contributed by atoms with van der Waals surface area (Å²) in [6.07, 6.45) is 0.741. The van der Waals surface area contributed by atoms with Gasteiger partial charge in [0, 0.05) is 12.1 Å². The third-order valence-electron chi connectivity index (χ3n) is 4.43. The molecule has 0 fully saturated rings. The predicted molar refractivity (Wildman–Crippen MR) is 109 cm³/mol. The van der Waals surface area contributed by atoms with Gasteiger partial charge in [-0.25, -0.2) is 9.67 Å². The minimum absolute atomic E-state index is 0.137. The quantitative estimate of drug-likeness (QED) is 0.526. The highest BCUT2D eigenvalue weighted by atomic mass is 32.1. The maximum Gasteiger partial charge on any atom is 0.294 e. The van der Waals surface area contributed by atoms with E-state index in [1.165, 1.54) is 21.6 Å². The largest absolute Gasteiger partial charge is 0.497 e. The Hall–Kier alpha value is -2.99. The van der Waals surface area contributed by atoms with Crippen LogP contribution in [-0.4, -0.2) is 21.9 Å². The van der Waals surface area contributed by atoms with Crippen molar-refractivity contribution in [2.75, 3.05) is 7.11 Å². The Labute approximate surface area is 160 Å². The van der Waals surface area contributed by atoms with E-state index in [0.29, 0.717) is 12.1 Å². The number of aryl methyl sites for hydroxylation is 3. The Kier molecular flexibility index (Phi) is 4.73.